The second kappa shape index (κ2) is 7.03. The molecule has 2 aromatic rings. The number of nitrogens with two attached hydrogens (primary N) is 1. The Labute approximate surface area is 142 Å². The highest BCUT2D eigenvalue weighted by atomic mass is 32.2. The standard InChI is InChI=1S/C16H21N5O2S/c1-11(10-21-13(3)6-12(2)20-21)9-19-16-5-4-15(24(18,22)23)7-14(16)8-17/h4-7,11,19H,9-10H2,1-3H3,(H2,18,22,23). The van der Waals surface area contributed by atoms with E-state index in [9.17, 15) is 13.7 Å². The number of hydrogen-bond donors (Lipinski definition) is 2. The first-order chi connectivity index (χ1) is 11.2. The molecule has 0 saturated heterocycles. The molecule has 0 aliphatic heterocycles. The molecule has 0 spiro atoms. The van der Waals surface area contributed by atoms with Crippen LogP contribution in [0.5, 0.6) is 0 Å². The van der Waals surface area contributed by atoms with Gasteiger partial charge in [0.15, 0.2) is 0 Å². The largest absolute Gasteiger partial charge is 0.384 e. The van der Waals surface area contributed by atoms with Crippen molar-refractivity contribution in [3.05, 3.63) is 41.2 Å². The molecular weight excluding hydrogens is 326 g/mol. The van der Waals surface area contributed by atoms with E-state index in [0.29, 0.717) is 12.2 Å². The number of benzene rings is 1. The van der Waals surface area contributed by atoms with Crippen molar-refractivity contribution in [3.63, 3.8) is 0 Å². The van der Waals surface area contributed by atoms with Gasteiger partial charge in [-0.25, -0.2) is 13.6 Å². The molecule has 2 rings (SSSR count). The van der Waals surface area contributed by atoms with Gasteiger partial charge in [-0.3, -0.25) is 4.68 Å². The number of aromatic nitrogens is 2. The summed E-state index contributed by atoms with van der Waals surface area (Å²) in [5, 5.41) is 21.9. The first-order valence-corrected chi connectivity index (χ1v) is 9.07. The molecule has 3 N–H and O–H groups in total. The van der Waals surface area contributed by atoms with Gasteiger partial charge in [-0.15, -0.1) is 0 Å². The fourth-order valence-corrected chi connectivity index (χ4v) is 2.99. The summed E-state index contributed by atoms with van der Waals surface area (Å²) in [6.07, 6.45) is 0. The summed E-state index contributed by atoms with van der Waals surface area (Å²) >= 11 is 0. The lowest BCUT2D eigenvalue weighted by molar-refractivity contribution is 0.458. The number of rotatable bonds is 6. The number of nitrogens with zero attached hydrogens (tertiary/aromatic N) is 3. The Kier molecular flexibility index (Phi) is 5.26. The number of hydrogen-bond acceptors (Lipinski definition) is 5. The van der Waals surface area contributed by atoms with Gasteiger partial charge in [0.05, 0.1) is 21.8 Å². The second-order valence-corrected chi connectivity index (χ2v) is 7.52. The molecule has 0 radical (unpaired) electrons. The third-order valence-corrected chi connectivity index (χ3v) is 4.58. The summed E-state index contributed by atoms with van der Waals surface area (Å²) in [5.41, 5.74) is 2.93. The predicted octanol–water partition coefficient (Wildman–Crippen LogP) is 1.77. The summed E-state index contributed by atoms with van der Waals surface area (Å²) in [5.74, 6) is 0.271. The average molecular weight is 347 g/mol. The maximum atomic E-state index is 11.4. The second-order valence-electron chi connectivity index (χ2n) is 5.96. The highest BCUT2D eigenvalue weighted by Crippen LogP contribution is 2.19. The maximum absolute atomic E-state index is 11.4. The zero-order chi connectivity index (χ0) is 17.9. The third-order valence-electron chi connectivity index (χ3n) is 3.67. The number of anilines is 1. The highest BCUT2D eigenvalue weighted by Gasteiger charge is 2.13. The molecule has 8 heteroatoms. The van der Waals surface area contributed by atoms with E-state index in [0.717, 1.165) is 17.9 Å². The Bertz CT molecular complexity index is 880. The summed E-state index contributed by atoms with van der Waals surface area (Å²) in [6.45, 7) is 7.43. The molecule has 1 atom stereocenters. The molecule has 0 bridgehead atoms. The van der Waals surface area contributed by atoms with Crippen LogP contribution >= 0.6 is 0 Å². The molecule has 1 aromatic carbocycles. The quantitative estimate of drug-likeness (QED) is 0.826. The molecule has 24 heavy (non-hydrogen) atoms. The smallest absolute Gasteiger partial charge is 0.238 e. The Hall–Kier alpha value is -2.37. The summed E-state index contributed by atoms with van der Waals surface area (Å²) in [6, 6.07) is 8.26. The van der Waals surface area contributed by atoms with Crippen LogP contribution in [0.25, 0.3) is 0 Å². The summed E-state index contributed by atoms with van der Waals surface area (Å²) < 4.78 is 24.7. The zero-order valence-electron chi connectivity index (χ0n) is 13.9. The van der Waals surface area contributed by atoms with Crippen LogP contribution in [0.2, 0.25) is 0 Å². The SMILES string of the molecule is Cc1cc(C)n(CC(C)CNc2ccc(S(N)(=O)=O)cc2C#N)n1. The van der Waals surface area contributed by atoms with E-state index in [2.05, 4.69) is 17.3 Å². The monoisotopic (exact) mass is 347 g/mol. The van der Waals surface area contributed by atoms with E-state index in [1.54, 1.807) is 6.07 Å². The van der Waals surface area contributed by atoms with Crippen LogP contribution in [0, 0.1) is 31.1 Å². The molecule has 7 nitrogen and oxygen atoms in total. The molecule has 0 fully saturated rings. The van der Waals surface area contributed by atoms with Gasteiger partial charge >= 0.3 is 0 Å². The van der Waals surface area contributed by atoms with Crippen LogP contribution < -0.4 is 10.5 Å². The van der Waals surface area contributed by atoms with Crippen LogP contribution in [0.3, 0.4) is 0 Å². The zero-order valence-corrected chi connectivity index (χ0v) is 14.8. The topological polar surface area (TPSA) is 114 Å². The van der Waals surface area contributed by atoms with Crippen molar-refractivity contribution in [3.8, 4) is 6.07 Å². The van der Waals surface area contributed by atoms with Crippen LogP contribution in [-0.2, 0) is 16.6 Å². The molecule has 0 saturated carbocycles. The molecule has 128 valence electrons. The minimum absolute atomic E-state index is 0.0692. The van der Waals surface area contributed by atoms with Crippen molar-refractivity contribution in [1.29, 1.82) is 5.26 Å². The van der Waals surface area contributed by atoms with Gasteiger partial charge in [-0.05, 0) is 44.0 Å². The van der Waals surface area contributed by atoms with Crippen molar-refractivity contribution in [2.75, 3.05) is 11.9 Å². The number of sulfonamides is 1. The third kappa shape index (κ3) is 4.34. The lowest BCUT2D eigenvalue weighted by atomic mass is 10.1. The predicted molar refractivity (Wildman–Crippen MR) is 91.9 cm³/mol. The minimum atomic E-state index is -3.82. The average Bonchev–Trinajstić information content (AvgIpc) is 2.81. The van der Waals surface area contributed by atoms with Gasteiger partial charge in [-0.1, -0.05) is 6.92 Å². The first kappa shape index (κ1) is 18.0. The molecule has 0 amide bonds. The van der Waals surface area contributed by atoms with Crippen LogP contribution in [-0.4, -0.2) is 24.7 Å². The van der Waals surface area contributed by atoms with E-state index < -0.39 is 10.0 Å². The molecule has 1 heterocycles. The van der Waals surface area contributed by atoms with E-state index in [-0.39, 0.29) is 16.4 Å². The number of primary sulfonamides is 1. The summed E-state index contributed by atoms with van der Waals surface area (Å²) in [7, 11) is -3.82. The van der Waals surface area contributed by atoms with Gasteiger partial charge in [0, 0.05) is 18.8 Å². The fraction of sp³-hybridized carbons (Fsp3) is 0.375. The van der Waals surface area contributed by atoms with Gasteiger partial charge in [0.2, 0.25) is 10.0 Å². The number of nitriles is 1. The normalized spacial score (nSPS) is 12.6. The number of nitrogens with one attached hydrogen (secondary N) is 1. The van der Waals surface area contributed by atoms with Crippen molar-refractivity contribution >= 4 is 15.7 Å². The summed E-state index contributed by atoms with van der Waals surface area (Å²) in [4.78, 5) is -0.0692. The van der Waals surface area contributed by atoms with Crippen molar-refractivity contribution in [1.82, 2.24) is 9.78 Å². The van der Waals surface area contributed by atoms with Gasteiger partial charge in [0.25, 0.3) is 0 Å². The lowest BCUT2D eigenvalue weighted by Gasteiger charge is -2.16. The van der Waals surface area contributed by atoms with Crippen LogP contribution in [0.15, 0.2) is 29.2 Å². The van der Waals surface area contributed by atoms with Crippen molar-refractivity contribution in [2.24, 2.45) is 11.1 Å². The maximum Gasteiger partial charge on any atom is 0.238 e. The first-order valence-electron chi connectivity index (χ1n) is 7.52. The molecule has 1 unspecified atom stereocenters. The van der Waals surface area contributed by atoms with Crippen molar-refractivity contribution in [2.45, 2.75) is 32.2 Å². The van der Waals surface area contributed by atoms with Crippen LogP contribution in [0.4, 0.5) is 5.69 Å². The lowest BCUT2D eigenvalue weighted by Crippen LogP contribution is -2.19. The van der Waals surface area contributed by atoms with E-state index in [1.807, 2.05) is 30.7 Å². The van der Waals surface area contributed by atoms with Gasteiger partial charge in [0.1, 0.15) is 6.07 Å². The Morgan fingerprint density at radius 1 is 1.38 bits per heavy atom. The Morgan fingerprint density at radius 2 is 2.08 bits per heavy atom. The molecule has 1 aromatic heterocycles. The van der Waals surface area contributed by atoms with Gasteiger partial charge in [-0.2, -0.15) is 10.4 Å². The Morgan fingerprint density at radius 3 is 2.62 bits per heavy atom. The van der Waals surface area contributed by atoms with E-state index in [4.69, 9.17) is 5.14 Å². The molecular formula is C16H21N5O2S. The fourth-order valence-electron chi connectivity index (χ4n) is 2.45. The highest BCUT2D eigenvalue weighted by molar-refractivity contribution is 7.89. The van der Waals surface area contributed by atoms with Crippen LogP contribution in [0.1, 0.15) is 23.9 Å². The molecule has 0 aliphatic rings. The van der Waals surface area contributed by atoms with Crippen molar-refractivity contribution < 1.29 is 8.42 Å². The number of aryl methyl sites for hydroxylation is 2. The molecule has 0 aliphatic carbocycles. The minimum Gasteiger partial charge on any atom is -0.384 e. The van der Waals surface area contributed by atoms with E-state index in [1.165, 1.54) is 12.1 Å². The van der Waals surface area contributed by atoms with E-state index >= 15 is 0 Å². The Balaban J connectivity index is 2.06. The van der Waals surface area contributed by atoms with Gasteiger partial charge < -0.3 is 5.32 Å².